The fourth-order valence-electron chi connectivity index (χ4n) is 2.29. The molecule has 0 saturated heterocycles. The Morgan fingerprint density at radius 1 is 0.950 bits per heavy atom. The number of aryl methyl sites for hydroxylation is 2. The zero-order chi connectivity index (χ0) is 14.3. The maximum absolute atomic E-state index is 12.3. The van der Waals surface area contributed by atoms with Crippen LogP contribution in [0.3, 0.4) is 0 Å². The Morgan fingerprint density at radius 3 is 2.30 bits per heavy atom. The van der Waals surface area contributed by atoms with Crippen molar-refractivity contribution in [3.8, 4) is 0 Å². The van der Waals surface area contributed by atoms with Crippen LogP contribution in [0.4, 0.5) is 5.69 Å². The summed E-state index contributed by atoms with van der Waals surface area (Å²) in [7, 11) is -3.48. The average molecular weight is 288 g/mol. The molecule has 1 unspecified atom stereocenters. The van der Waals surface area contributed by atoms with E-state index in [-0.39, 0.29) is 0 Å². The number of benzene rings is 2. The lowest BCUT2D eigenvalue weighted by Crippen LogP contribution is -2.38. The standard InChI is InChI=1S/C15H16N2O2S/c1-10-3-6-12(7-4-10)15-16-13-8-5-11(2)9-14(13)20(18,19)17-15/h3-9,15-17H,1-2H3. The van der Waals surface area contributed by atoms with Crippen LogP contribution < -0.4 is 10.0 Å². The van der Waals surface area contributed by atoms with Crippen molar-refractivity contribution in [3.05, 3.63) is 59.2 Å². The Hall–Kier alpha value is -1.85. The minimum atomic E-state index is -3.48. The summed E-state index contributed by atoms with van der Waals surface area (Å²) < 4.78 is 27.3. The van der Waals surface area contributed by atoms with E-state index in [4.69, 9.17) is 0 Å². The quantitative estimate of drug-likeness (QED) is 0.848. The maximum Gasteiger partial charge on any atom is 0.244 e. The van der Waals surface area contributed by atoms with Crippen LogP contribution in [0.1, 0.15) is 22.9 Å². The molecule has 1 atom stereocenters. The molecule has 0 radical (unpaired) electrons. The van der Waals surface area contributed by atoms with Gasteiger partial charge >= 0.3 is 0 Å². The van der Waals surface area contributed by atoms with Gasteiger partial charge in [0.1, 0.15) is 11.1 Å². The molecule has 1 heterocycles. The van der Waals surface area contributed by atoms with E-state index >= 15 is 0 Å². The van der Waals surface area contributed by atoms with Gasteiger partial charge in [-0.3, -0.25) is 0 Å². The SMILES string of the molecule is Cc1ccc(C2Nc3ccc(C)cc3S(=O)(=O)N2)cc1. The molecule has 0 amide bonds. The molecule has 2 aromatic carbocycles. The maximum atomic E-state index is 12.3. The van der Waals surface area contributed by atoms with E-state index in [1.54, 1.807) is 6.07 Å². The normalized spacial score (nSPS) is 20.0. The van der Waals surface area contributed by atoms with Crippen molar-refractivity contribution in [1.82, 2.24) is 4.72 Å². The second-order valence-corrected chi connectivity index (χ2v) is 6.79. The second kappa shape index (κ2) is 4.61. The third-order valence-corrected chi connectivity index (χ3v) is 4.87. The molecule has 0 bridgehead atoms. The summed E-state index contributed by atoms with van der Waals surface area (Å²) in [6, 6.07) is 13.2. The van der Waals surface area contributed by atoms with Crippen LogP contribution in [0.5, 0.6) is 0 Å². The smallest absolute Gasteiger partial charge is 0.244 e. The molecule has 0 aromatic heterocycles. The highest BCUT2D eigenvalue weighted by Gasteiger charge is 2.29. The molecule has 0 aliphatic carbocycles. The molecule has 1 aliphatic heterocycles. The molecule has 0 fully saturated rings. The number of anilines is 1. The lowest BCUT2D eigenvalue weighted by molar-refractivity contribution is 0.562. The molecule has 0 spiro atoms. The largest absolute Gasteiger partial charge is 0.364 e. The summed E-state index contributed by atoms with van der Waals surface area (Å²) in [5.74, 6) is 0. The van der Waals surface area contributed by atoms with Crippen molar-refractivity contribution >= 4 is 15.7 Å². The van der Waals surface area contributed by atoms with E-state index in [9.17, 15) is 8.42 Å². The van der Waals surface area contributed by atoms with E-state index in [0.717, 1.165) is 16.7 Å². The highest BCUT2D eigenvalue weighted by molar-refractivity contribution is 7.89. The third kappa shape index (κ3) is 2.30. The number of hydrogen-bond donors (Lipinski definition) is 2. The molecule has 104 valence electrons. The van der Waals surface area contributed by atoms with Crippen molar-refractivity contribution in [2.45, 2.75) is 24.9 Å². The average Bonchev–Trinajstić information content (AvgIpc) is 2.40. The third-order valence-electron chi connectivity index (χ3n) is 3.41. The predicted octanol–water partition coefficient (Wildman–Crippen LogP) is 2.71. The van der Waals surface area contributed by atoms with Crippen molar-refractivity contribution in [1.29, 1.82) is 0 Å². The number of rotatable bonds is 1. The number of sulfonamides is 1. The predicted molar refractivity (Wildman–Crippen MR) is 79.0 cm³/mol. The minimum absolute atomic E-state index is 0.306. The molecule has 20 heavy (non-hydrogen) atoms. The van der Waals surface area contributed by atoms with Gasteiger partial charge in [-0.15, -0.1) is 0 Å². The van der Waals surface area contributed by atoms with Gasteiger partial charge in [0.15, 0.2) is 0 Å². The van der Waals surface area contributed by atoms with E-state index in [1.165, 1.54) is 0 Å². The lowest BCUT2D eigenvalue weighted by atomic mass is 10.1. The van der Waals surface area contributed by atoms with E-state index < -0.39 is 16.2 Å². The zero-order valence-corrected chi connectivity index (χ0v) is 12.2. The van der Waals surface area contributed by atoms with Gasteiger partial charge in [0.25, 0.3) is 0 Å². The van der Waals surface area contributed by atoms with E-state index in [2.05, 4.69) is 10.0 Å². The number of fused-ring (bicyclic) bond motifs is 1. The van der Waals surface area contributed by atoms with E-state index in [1.807, 2.05) is 50.2 Å². The van der Waals surface area contributed by atoms with Crippen molar-refractivity contribution in [2.75, 3.05) is 5.32 Å². The molecule has 0 saturated carbocycles. The molecule has 4 nitrogen and oxygen atoms in total. The summed E-state index contributed by atoms with van der Waals surface area (Å²) in [5, 5.41) is 3.23. The monoisotopic (exact) mass is 288 g/mol. The summed E-state index contributed by atoms with van der Waals surface area (Å²) in [6.07, 6.45) is -0.434. The molecule has 3 rings (SSSR count). The molecule has 5 heteroatoms. The Kier molecular flexibility index (Phi) is 3.03. The van der Waals surface area contributed by atoms with Gasteiger partial charge < -0.3 is 5.32 Å². The first kappa shape index (κ1) is 13.1. The van der Waals surface area contributed by atoms with Gasteiger partial charge in [-0.1, -0.05) is 35.9 Å². The second-order valence-electron chi connectivity index (χ2n) is 5.11. The van der Waals surface area contributed by atoms with Crippen LogP contribution in [0, 0.1) is 13.8 Å². The van der Waals surface area contributed by atoms with Gasteiger partial charge in [0.2, 0.25) is 10.0 Å². The lowest BCUT2D eigenvalue weighted by Gasteiger charge is -2.28. The van der Waals surface area contributed by atoms with Gasteiger partial charge in [-0.05, 0) is 37.1 Å². The molecule has 2 N–H and O–H groups in total. The molecular formula is C15H16N2O2S. The van der Waals surface area contributed by atoms with Crippen LogP contribution in [0.25, 0.3) is 0 Å². The highest BCUT2D eigenvalue weighted by atomic mass is 32.2. The zero-order valence-electron chi connectivity index (χ0n) is 11.3. The first-order chi connectivity index (χ1) is 9.45. The van der Waals surface area contributed by atoms with Crippen LogP contribution in [0.2, 0.25) is 0 Å². The van der Waals surface area contributed by atoms with Gasteiger partial charge in [0, 0.05) is 0 Å². The fourth-order valence-corrected chi connectivity index (χ4v) is 3.67. The Labute approximate surface area is 118 Å². The van der Waals surface area contributed by atoms with Crippen LogP contribution in [-0.2, 0) is 10.0 Å². The highest BCUT2D eigenvalue weighted by Crippen LogP contribution is 2.31. The minimum Gasteiger partial charge on any atom is -0.364 e. The Balaban J connectivity index is 2.04. The first-order valence-electron chi connectivity index (χ1n) is 6.42. The van der Waals surface area contributed by atoms with Crippen LogP contribution in [-0.4, -0.2) is 8.42 Å². The van der Waals surface area contributed by atoms with Gasteiger partial charge in [-0.2, -0.15) is 4.72 Å². The number of nitrogens with one attached hydrogen (secondary N) is 2. The number of hydrogen-bond acceptors (Lipinski definition) is 3. The Morgan fingerprint density at radius 2 is 1.60 bits per heavy atom. The molecular weight excluding hydrogens is 272 g/mol. The van der Waals surface area contributed by atoms with Crippen LogP contribution >= 0.6 is 0 Å². The topological polar surface area (TPSA) is 58.2 Å². The Bertz CT molecular complexity index is 752. The first-order valence-corrected chi connectivity index (χ1v) is 7.90. The van der Waals surface area contributed by atoms with Gasteiger partial charge in [0.05, 0.1) is 5.69 Å². The van der Waals surface area contributed by atoms with Crippen molar-refractivity contribution in [2.24, 2.45) is 0 Å². The molecule has 2 aromatic rings. The summed E-state index contributed by atoms with van der Waals surface area (Å²) >= 11 is 0. The van der Waals surface area contributed by atoms with E-state index in [0.29, 0.717) is 10.6 Å². The summed E-state index contributed by atoms with van der Waals surface area (Å²) in [6.45, 7) is 3.88. The van der Waals surface area contributed by atoms with Crippen molar-refractivity contribution < 1.29 is 8.42 Å². The van der Waals surface area contributed by atoms with Crippen molar-refractivity contribution in [3.63, 3.8) is 0 Å². The molecule has 1 aliphatic rings. The summed E-state index contributed by atoms with van der Waals surface area (Å²) in [4.78, 5) is 0.306. The summed E-state index contributed by atoms with van der Waals surface area (Å²) in [5.41, 5.74) is 3.60. The fraction of sp³-hybridized carbons (Fsp3) is 0.200. The van der Waals surface area contributed by atoms with Crippen LogP contribution in [0.15, 0.2) is 47.4 Å². The van der Waals surface area contributed by atoms with Gasteiger partial charge in [-0.25, -0.2) is 8.42 Å².